The van der Waals surface area contributed by atoms with Crippen molar-refractivity contribution < 1.29 is 9.18 Å². The number of halogens is 2. The fourth-order valence-electron chi connectivity index (χ4n) is 2.45. The highest BCUT2D eigenvalue weighted by molar-refractivity contribution is 6.31. The van der Waals surface area contributed by atoms with E-state index in [0.717, 1.165) is 30.6 Å². The molecule has 0 aliphatic carbocycles. The number of benzene rings is 1. The van der Waals surface area contributed by atoms with Gasteiger partial charge in [0.25, 0.3) is 0 Å². The monoisotopic (exact) mass is 363 g/mol. The number of hydrogen-bond acceptors (Lipinski definition) is 2. The molecule has 25 heavy (non-hydrogen) atoms. The molecule has 0 bridgehead atoms. The molecule has 134 valence electrons. The van der Waals surface area contributed by atoms with Crippen molar-refractivity contribution in [2.45, 2.75) is 39.7 Å². The van der Waals surface area contributed by atoms with Crippen LogP contribution >= 0.6 is 11.6 Å². The van der Waals surface area contributed by atoms with Crippen LogP contribution < -0.4 is 5.32 Å². The molecular formula is C19H23ClFN3O. The highest BCUT2D eigenvalue weighted by Crippen LogP contribution is 2.21. The summed E-state index contributed by atoms with van der Waals surface area (Å²) in [5.41, 5.74) is 2.13. The van der Waals surface area contributed by atoms with Gasteiger partial charge in [0.2, 0.25) is 5.91 Å². The van der Waals surface area contributed by atoms with Gasteiger partial charge in [-0.05, 0) is 37.5 Å². The van der Waals surface area contributed by atoms with E-state index in [2.05, 4.69) is 17.3 Å². The third-order valence-electron chi connectivity index (χ3n) is 3.89. The Morgan fingerprint density at radius 3 is 2.88 bits per heavy atom. The van der Waals surface area contributed by atoms with Gasteiger partial charge in [-0.15, -0.1) is 0 Å². The second-order valence-electron chi connectivity index (χ2n) is 5.83. The van der Waals surface area contributed by atoms with Crippen molar-refractivity contribution in [3.8, 4) is 0 Å². The number of aryl methyl sites for hydroxylation is 2. The third kappa shape index (κ3) is 5.43. The van der Waals surface area contributed by atoms with Crippen molar-refractivity contribution in [2.24, 2.45) is 0 Å². The van der Waals surface area contributed by atoms with E-state index in [-0.39, 0.29) is 11.7 Å². The number of amides is 1. The van der Waals surface area contributed by atoms with Gasteiger partial charge < -0.3 is 5.32 Å². The van der Waals surface area contributed by atoms with E-state index >= 15 is 0 Å². The number of aromatic nitrogens is 2. The van der Waals surface area contributed by atoms with Crippen molar-refractivity contribution >= 4 is 23.6 Å². The fraction of sp³-hybridized carbons (Fsp3) is 0.368. The van der Waals surface area contributed by atoms with Gasteiger partial charge in [0.1, 0.15) is 11.0 Å². The summed E-state index contributed by atoms with van der Waals surface area (Å²) in [5, 5.41) is 7.69. The van der Waals surface area contributed by atoms with Crippen LogP contribution in [-0.2, 0) is 17.8 Å². The average molecular weight is 364 g/mol. The Kier molecular flexibility index (Phi) is 7.19. The minimum absolute atomic E-state index is 0.242. The zero-order valence-corrected chi connectivity index (χ0v) is 15.3. The Balaban J connectivity index is 1.90. The summed E-state index contributed by atoms with van der Waals surface area (Å²) < 4.78 is 15.3. The summed E-state index contributed by atoms with van der Waals surface area (Å²) in [7, 11) is 0. The van der Waals surface area contributed by atoms with Crippen LogP contribution in [0.2, 0.25) is 5.15 Å². The van der Waals surface area contributed by atoms with Crippen molar-refractivity contribution in [2.75, 3.05) is 6.54 Å². The molecule has 6 heteroatoms. The largest absolute Gasteiger partial charge is 0.352 e. The Hall–Kier alpha value is -2.14. The molecule has 4 nitrogen and oxygen atoms in total. The van der Waals surface area contributed by atoms with Gasteiger partial charge in [0.15, 0.2) is 0 Å². The molecule has 1 aromatic carbocycles. The van der Waals surface area contributed by atoms with Gasteiger partial charge in [-0.2, -0.15) is 5.10 Å². The first-order chi connectivity index (χ1) is 12.0. The molecule has 1 amide bonds. The van der Waals surface area contributed by atoms with Crippen LogP contribution in [0.1, 0.15) is 36.6 Å². The Morgan fingerprint density at radius 1 is 1.40 bits per heavy atom. The molecule has 1 heterocycles. The van der Waals surface area contributed by atoms with Crippen LogP contribution in [0.5, 0.6) is 0 Å². The highest BCUT2D eigenvalue weighted by Gasteiger charge is 2.11. The van der Waals surface area contributed by atoms with Gasteiger partial charge in [-0.1, -0.05) is 43.1 Å². The molecule has 0 saturated carbocycles. The molecule has 0 saturated heterocycles. The van der Waals surface area contributed by atoms with E-state index in [0.29, 0.717) is 23.7 Å². The average Bonchev–Trinajstić information content (AvgIpc) is 2.86. The minimum atomic E-state index is -0.255. The number of hydrogen-bond donors (Lipinski definition) is 1. The lowest BCUT2D eigenvalue weighted by atomic mass is 10.1. The number of carbonyl (C=O) groups is 1. The molecule has 1 aromatic heterocycles. The van der Waals surface area contributed by atoms with E-state index in [1.54, 1.807) is 29.0 Å². The topological polar surface area (TPSA) is 46.9 Å². The summed E-state index contributed by atoms with van der Waals surface area (Å²) in [5.74, 6) is -0.498. The van der Waals surface area contributed by atoms with Crippen LogP contribution in [0.4, 0.5) is 4.39 Å². The third-order valence-corrected chi connectivity index (χ3v) is 4.28. The highest BCUT2D eigenvalue weighted by atomic mass is 35.5. The van der Waals surface area contributed by atoms with Crippen molar-refractivity contribution in [1.29, 1.82) is 0 Å². The van der Waals surface area contributed by atoms with Crippen molar-refractivity contribution in [3.63, 3.8) is 0 Å². The van der Waals surface area contributed by atoms with Crippen LogP contribution in [0.15, 0.2) is 30.3 Å². The maximum Gasteiger partial charge on any atom is 0.244 e. The summed E-state index contributed by atoms with van der Waals surface area (Å²) in [6, 6.07) is 6.55. The van der Waals surface area contributed by atoms with Gasteiger partial charge in [-0.25, -0.2) is 4.39 Å². The van der Waals surface area contributed by atoms with E-state index in [4.69, 9.17) is 11.6 Å². The number of unbranched alkanes of at least 4 members (excludes halogenated alkanes) is 1. The second-order valence-corrected chi connectivity index (χ2v) is 6.19. The first-order valence-electron chi connectivity index (χ1n) is 8.45. The summed E-state index contributed by atoms with van der Waals surface area (Å²) >= 11 is 6.33. The molecule has 0 aliphatic rings. The van der Waals surface area contributed by atoms with Crippen LogP contribution in [0.3, 0.4) is 0 Å². The lowest BCUT2D eigenvalue weighted by molar-refractivity contribution is -0.116. The second kappa shape index (κ2) is 9.37. The molecule has 0 unspecified atom stereocenters. The SMILES string of the molecule is CCCCn1nc(C)c(/C=C/C(=O)NCCc2ccccc2F)c1Cl. The summed E-state index contributed by atoms with van der Waals surface area (Å²) in [6.45, 7) is 5.10. The molecule has 2 aromatic rings. The lowest BCUT2D eigenvalue weighted by Gasteiger charge is -2.04. The molecule has 1 N–H and O–H groups in total. The fourth-order valence-corrected chi connectivity index (χ4v) is 2.77. The zero-order chi connectivity index (χ0) is 18.2. The summed E-state index contributed by atoms with van der Waals surface area (Å²) in [6.07, 6.45) is 5.61. The molecule has 0 spiro atoms. The van der Waals surface area contributed by atoms with Crippen molar-refractivity contribution in [3.05, 3.63) is 58.1 Å². The standard InChI is InChI=1S/C19H23ClFN3O/c1-3-4-13-24-19(20)16(14(2)23-24)9-10-18(25)22-12-11-15-7-5-6-8-17(15)21/h5-10H,3-4,11-13H2,1-2H3,(H,22,25)/b10-9+. The smallest absolute Gasteiger partial charge is 0.244 e. The first-order valence-corrected chi connectivity index (χ1v) is 8.83. The molecule has 2 rings (SSSR count). The van der Waals surface area contributed by atoms with Gasteiger partial charge in [0.05, 0.1) is 5.69 Å². The number of nitrogens with one attached hydrogen (secondary N) is 1. The molecular weight excluding hydrogens is 341 g/mol. The minimum Gasteiger partial charge on any atom is -0.352 e. The maximum atomic E-state index is 13.5. The molecule has 0 aliphatic heterocycles. The van der Waals surface area contributed by atoms with E-state index < -0.39 is 0 Å². The van der Waals surface area contributed by atoms with E-state index in [1.807, 2.05) is 6.92 Å². The van der Waals surface area contributed by atoms with Crippen LogP contribution in [-0.4, -0.2) is 22.2 Å². The van der Waals surface area contributed by atoms with Crippen LogP contribution in [0, 0.1) is 12.7 Å². The van der Waals surface area contributed by atoms with E-state index in [1.165, 1.54) is 12.1 Å². The summed E-state index contributed by atoms with van der Waals surface area (Å²) in [4.78, 5) is 11.9. The normalized spacial score (nSPS) is 11.2. The van der Waals surface area contributed by atoms with Gasteiger partial charge in [0, 0.05) is 24.7 Å². The van der Waals surface area contributed by atoms with Crippen molar-refractivity contribution in [1.82, 2.24) is 15.1 Å². The maximum absolute atomic E-state index is 13.5. The number of nitrogens with zero attached hydrogens (tertiary/aromatic N) is 2. The molecule has 0 atom stereocenters. The number of carbonyl (C=O) groups excluding carboxylic acids is 1. The Morgan fingerprint density at radius 2 is 2.16 bits per heavy atom. The molecule has 0 fully saturated rings. The van der Waals surface area contributed by atoms with E-state index in [9.17, 15) is 9.18 Å². The predicted octanol–water partition coefficient (Wildman–Crippen LogP) is 4.16. The Bertz CT molecular complexity index is 755. The quantitative estimate of drug-likeness (QED) is 0.716. The van der Waals surface area contributed by atoms with Gasteiger partial charge in [-0.3, -0.25) is 9.48 Å². The molecule has 0 radical (unpaired) electrons. The number of rotatable bonds is 8. The van der Waals surface area contributed by atoms with Gasteiger partial charge >= 0.3 is 0 Å². The zero-order valence-electron chi connectivity index (χ0n) is 14.6. The first kappa shape index (κ1) is 19.2. The Labute approximate surface area is 152 Å². The predicted molar refractivity (Wildman–Crippen MR) is 99.0 cm³/mol. The lowest BCUT2D eigenvalue weighted by Crippen LogP contribution is -2.23. The van der Waals surface area contributed by atoms with Crippen LogP contribution in [0.25, 0.3) is 6.08 Å².